The van der Waals surface area contributed by atoms with Crippen molar-refractivity contribution in [1.29, 1.82) is 0 Å². The Balaban J connectivity index is 1.39. The summed E-state index contributed by atoms with van der Waals surface area (Å²) in [6.07, 6.45) is 2.04. The monoisotopic (exact) mass is 447 g/mol. The number of piperidine rings is 1. The summed E-state index contributed by atoms with van der Waals surface area (Å²) in [6.45, 7) is 1.66. The molecule has 0 radical (unpaired) electrons. The van der Waals surface area contributed by atoms with Gasteiger partial charge in [0.25, 0.3) is 0 Å². The highest BCUT2D eigenvalue weighted by Gasteiger charge is 2.24. The minimum atomic E-state index is -0.287. The van der Waals surface area contributed by atoms with E-state index in [4.69, 9.17) is 0 Å². The van der Waals surface area contributed by atoms with Crippen molar-refractivity contribution in [3.05, 3.63) is 64.4 Å². The van der Waals surface area contributed by atoms with Gasteiger partial charge in [0.15, 0.2) is 0 Å². The molecule has 2 aromatic carbocycles. The molecule has 5 nitrogen and oxygen atoms in total. The lowest BCUT2D eigenvalue weighted by Gasteiger charge is -2.31. The van der Waals surface area contributed by atoms with Crippen molar-refractivity contribution < 1.29 is 14.0 Å². The summed E-state index contributed by atoms with van der Waals surface area (Å²) in [6, 6.07) is 13.5. The molecule has 3 rings (SSSR count). The van der Waals surface area contributed by atoms with Crippen LogP contribution in [0, 0.1) is 11.7 Å². The Morgan fingerprint density at radius 2 is 1.75 bits per heavy atom. The summed E-state index contributed by atoms with van der Waals surface area (Å²) in [5, 5.41) is 5.79. The number of nitrogens with one attached hydrogen (secondary N) is 2. The summed E-state index contributed by atoms with van der Waals surface area (Å²) in [5.74, 6) is -0.0355. The van der Waals surface area contributed by atoms with Crippen LogP contribution in [-0.2, 0) is 11.3 Å². The molecule has 0 unspecified atom stereocenters. The van der Waals surface area contributed by atoms with Gasteiger partial charge in [-0.25, -0.2) is 9.18 Å². The van der Waals surface area contributed by atoms with E-state index < -0.39 is 0 Å². The zero-order valence-electron chi connectivity index (χ0n) is 15.5. The van der Waals surface area contributed by atoms with Crippen molar-refractivity contribution in [2.75, 3.05) is 18.4 Å². The number of amides is 3. The van der Waals surface area contributed by atoms with Crippen LogP contribution in [0.15, 0.2) is 53.0 Å². The highest BCUT2D eigenvalue weighted by atomic mass is 79.9. The van der Waals surface area contributed by atoms with E-state index in [-0.39, 0.29) is 23.7 Å². The Morgan fingerprint density at radius 3 is 2.43 bits per heavy atom. The van der Waals surface area contributed by atoms with Gasteiger partial charge in [0.05, 0.1) is 5.69 Å². The smallest absolute Gasteiger partial charge is 0.321 e. The molecule has 28 heavy (non-hydrogen) atoms. The van der Waals surface area contributed by atoms with Crippen molar-refractivity contribution >= 4 is 33.6 Å². The summed E-state index contributed by atoms with van der Waals surface area (Å²) >= 11 is 3.42. The highest BCUT2D eigenvalue weighted by molar-refractivity contribution is 9.10. The molecule has 0 aliphatic carbocycles. The fourth-order valence-electron chi connectivity index (χ4n) is 3.23. The number of rotatable bonds is 5. The lowest BCUT2D eigenvalue weighted by atomic mass is 9.93. The Morgan fingerprint density at radius 1 is 1.07 bits per heavy atom. The number of nitrogens with zero attached hydrogens (tertiary/aromatic N) is 1. The zero-order chi connectivity index (χ0) is 19.9. The predicted molar refractivity (Wildman–Crippen MR) is 110 cm³/mol. The Labute approximate surface area is 172 Å². The summed E-state index contributed by atoms with van der Waals surface area (Å²) < 4.78 is 13.7. The van der Waals surface area contributed by atoms with E-state index in [0.29, 0.717) is 26.1 Å². The van der Waals surface area contributed by atoms with Crippen LogP contribution in [-0.4, -0.2) is 29.9 Å². The number of likely N-dealkylation sites (tertiary alicyclic amines) is 1. The fourth-order valence-corrected chi connectivity index (χ4v) is 3.62. The molecule has 1 heterocycles. The van der Waals surface area contributed by atoms with Gasteiger partial charge < -0.3 is 15.5 Å². The maximum absolute atomic E-state index is 12.9. The molecule has 7 heteroatoms. The van der Waals surface area contributed by atoms with Crippen LogP contribution >= 0.6 is 15.9 Å². The van der Waals surface area contributed by atoms with E-state index in [0.717, 1.165) is 28.6 Å². The molecule has 3 amide bonds. The van der Waals surface area contributed by atoms with Gasteiger partial charge in [0, 0.05) is 30.5 Å². The van der Waals surface area contributed by atoms with Gasteiger partial charge in [-0.05, 0) is 64.5 Å². The average molecular weight is 448 g/mol. The summed E-state index contributed by atoms with van der Waals surface area (Å²) in [7, 11) is 0. The quantitative estimate of drug-likeness (QED) is 0.706. The van der Waals surface area contributed by atoms with Crippen molar-refractivity contribution in [2.24, 2.45) is 5.92 Å². The maximum atomic E-state index is 12.9. The molecule has 0 saturated carbocycles. The molecule has 2 aromatic rings. The van der Waals surface area contributed by atoms with Crippen molar-refractivity contribution in [1.82, 2.24) is 10.2 Å². The van der Waals surface area contributed by atoms with E-state index in [1.807, 2.05) is 24.3 Å². The van der Waals surface area contributed by atoms with Gasteiger partial charge in [-0.2, -0.15) is 0 Å². The zero-order valence-corrected chi connectivity index (χ0v) is 17.0. The molecule has 1 aliphatic rings. The lowest BCUT2D eigenvalue weighted by molar-refractivity contribution is -0.122. The topological polar surface area (TPSA) is 61.4 Å². The van der Waals surface area contributed by atoms with Gasteiger partial charge in [0.1, 0.15) is 5.82 Å². The van der Waals surface area contributed by atoms with E-state index in [9.17, 15) is 14.0 Å². The van der Waals surface area contributed by atoms with E-state index in [1.54, 1.807) is 17.0 Å². The first kappa shape index (κ1) is 20.3. The third-order valence-corrected chi connectivity index (χ3v) is 5.59. The summed E-state index contributed by atoms with van der Waals surface area (Å²) in [5.41, 5.74) is 1.61. The second kappa shape index (κ2) is 9.68. The van der Waals surface area contributed by atoms with Crippen LogP contribution in [0.4, 0.5) is 14.9 Å². The molecule has 1 saturated heterocycles. The third kappa shape index (κ3) is 5.79. The number of carbonyl (C=O) groups excluding carboxylic acids is 2. The highest BCUT2D eigenvalue weighted by Crippen LogP contribution is 2.24. The van der Waals surface area contributed by atoms with Crippen molar-refractivity contribution in [3.8, 4) is 0 Å². The molecule has 0 bridgehead atoms. The van der Waals surface area contributed by atoms with Crippen LogP contribution in [0.2, 0.25) is 0 Å². The van der Waals surface area contributed by atoms with Crippen LogP contribution in [0.5, 0.6) is 0 Å². The first-order valence-corrected chi connectivity index (χ1v) is 10.1. The normalized spacial score (nSPS) is 14.6. The van der Waals surface area contributed by atoms with Gasteiger partial charge in [0.2, 0.25) is 5.91 Å². The number of para-hydroxylation sites is 1. The van der Waals surface area contributed by atoms with Crippen LogP contribution < -0.4 is 10.6 Å². The standard InChI is InChI=1S/C21H23BrFN3O2/c22-18-3-1-2-4-19(18)25-21(28)26-11-9-15(10-12-26)13-20(27)24-14-16-5-7-17(23)8-6-16/h1-8,15H,9-14H2,(H,24,27)(H,25,28). The minimum Gasteiger partial charge on any atom is -0.352 e. The van der Waals surface area contributed by atoms with Crippen LogP contribution in [0.1, 0.15) is 24.8 Å². The second-order valence-electron chi connectivity index (χ2n) is 6.95. The number of carbonyl (C=O) groups is 2. The SMILES string of the molecule is O=C(CC1CCN(C(=O)Nc2ccccc2Br)CC1)NCc1ccc(F)cc1. The Kier molecular flexibility index (Phi) is 7.03. The molecule has 2 N–H and O–H groups in total. The van der Waals surface area contributed by atoms with E-state index >= 15 is 0 Å². The first-order chi connectivity index (χ1) is 13.5. The van der Waals surface area contributed by atoms with Gasteiger partial charge in [-0.1, -0.05) is 24.3 Å². The fraction of sp³-hybridized carbons (Fsp3) is 0.333. The third-order valence-electron chi connectivity index (χ3n) is 4.89. The predicted octanol–water partition coefficient (Wildman–Crippen LogP) is 4.54. The molecule has 148 valence electrons. The first-order valence-electron chi connectivity index (χ1n) is 9.33. The summed E-state index contributed by atoms with van der Waals surface area (Å²) in [4.78, 5) is 26.4. The number of hydrogen-bond donors (Lipinski definition) is 2. The van der Waals surface area contributed by atoms with Gasteiger partial charge in [-0.3, -0.25) is 4.79 Å². The Bertz CT molecular complexity index is 821. The average Bonchev–Trinajstić information content (AvgIpc) is 2.70. The molecule has 0 aromatic heterocycles. The van der Waals surface area contributed by atoms with Crippen molar-refractivity contribution in [3.63, 3.8) is 0 Å². The molecular formula is C21H23BrFN3O2. The molecular weight excluding hydrogens is 425 g/mol. The van der Waals surface area contributed by atoms with E-state index in [1.165, 1.54) is 12.1 Å². The van der Waals surface area contributed by atoms with Gasteiger partial charge >= 0.3 is 6.03 Å². The van der Waals surface area contributed by atoms with Gasteiger partial charge in [-0.15, -0.1) is 0 Å². The van der Waals surface area contributed by atoms with E-state index in [2.05, 4.69) is 26.6 Å². The number of hydrogen-bond acceptors (Lipinski definition) is 2. The molecule has 0 atom stereocenters. The molecule has 0 spiro atoms. The second-order valence-corrected chi connectivity index (χ2v) is 7.80. The number of benzene rings is 2. The molecule has 1 aliphatic heterocycles. The van der Waals surface area contributed by atoms with Crippen molar-refractivity contribution in [2.45, 2.75) is 25.8 Å². The minimum absolute atomic E-state index is 0.0135. The number of halogens is 2. The lowest BCUT2D eigenvalue weighted by Crippen LogP contribution is -2.41. The number of anilines is 1. The van der Waals surface area contributed by atoms with Crippen LogP contribution in [0.3, 0.4) is 0 Å². The maximum Gasteiger partial charge on any atom is 0.321 e. The molecule has 1 fully saturated rings. The van der Waals surface area contributed by atoms with Crippen LogP contribution in [0.25, 0.3) is 0 Å². The Hall–Kier alpha value is -2.41. The largest absolute Gasteiger partial charge is 0.352 e. The number of urea groups is 1.